The fourth-order valence-corrected chi connectivity index (χ4v) is 2.25. The smallest absolute Gasteiger partial charge is 0.173 e. The Labute approximate surface area is 120 Å². The summed E-state index contributed by atoms with van der Waals surface area (Å²) in [5, 5.41) is 10.0. The van der Waals surface area contributed by atoms with Crippen molar-refractivity contribution in [3.63, 3.8) is 0 Å². The molecule has 0 aliphatic carbocycles. The number of ketones is 1. The number of nitriles is 1. The van der Waals surface area contributed by atoms with Crippen LogP contribution >= 0.6 is 23.4 Å². The molecule has 0 saturated carbocycles. The number of hydrogen-bond acceptors (Lipinski definition) is 4. The van der Waals surface area contributed by atoms with Crippen LogP contribution in [0.4, 0.5) is 0 Å². The van der Waals surface area contributed by atoms with E-state index in [-0.39, 0.29) is 5.78 Å². The zero-order valence-corrected chi connectivity index (χ0v) is 11.4. The quantitative estimate of drug-likeness (QED) is 0.637. The average molecular weight is 289 g/mol. The highest BCUT2D eigenvalue weighted by Gasteiger charge is 2.07. The second kappa shape index (κ2) is 6.37. The number of carbonyl (C=O) groups excluding carboxylic acids is 1. The summed E-state index contributed by atoms with van der Waals surface area (Å²) in [6, 6.07) is 12.1. The minimum Gasteiger partial charge on any atom is -0.293 e. The van der Waals surface area contributed by atoms with Crippen molar-refractivity contribution in [2.75, 3.05) is 5.75 Å². The molecule has 1 aromatic heterocycles. The maximum absolute atomic E-state index is 11.9. The van der Waals surface area contributed by atoms with E-state index in [4.69, 9.17) is 16.9 Å². The van der Waals surface area contributed by atoms with Crippen LogP contribution in [0.2, 0.25) is 5.02 Å². The molecule has 5 heteroatoms. The van der Waals surface area contributed by atoms with Gasteiger partial charge in [-0.2, -0.15) is 5.26 Å². The fraction of sp³-hybridized carbons (Fsp3) is 0.0714. The standard InChI is InChI=1S/C14H9ClN2OS/c15-12-5-6-14(17-8-12)19-9-13(18)11-3-1-10(7-16)2-4-11/h1-6,8H,9H2. The number of thioether (sulfide) groups is 1. The Morgan fingerprint density at radius 3 is 2.58 bits per heavy atom. The predicted molar refractivity (Wildman–Crippen MR) is 75.5 cm³/mol. The lowest BCUT2D eigenvalue weighted by Gasteiger charge is -2.01. The molecule has 0 radical (unpaired) electrons. The molecule has 0 N–H and O–H groups in total. The highest BCUT2D eigenvalue weighted by Crippen LogP contribution is 2.18. The van der Waals surface area contributed by atoms with Gasteiger partial charge >= 0.3 is 0 Å². The van der Waals surface area contributed by atoms with Gasteiger partial charge in [-0.25, -0.2) is 4.98 Å². The van der Waals surface area contributed by atoms with Crippen LogP contribution in [0.15, 0.2) is 47.6 Å². The van der Waals surface area contributed by atoms with Gasteiger partial charge in [-0.1, -0.05) is 35.5 Å². The maximum atomic E-state index is 11.9. The monoisotopic (exact) mass is 288 g/mol. The third-order valence-corrected chi connectivity index (χ3v) is 3.55. The lowest BCUT2D eigenvalue weighted by atomic mass is 10.1. The Balaban J connectivity index is 1.97. The van der Waals surface area contributed by atoms with Gasteiger partial charge in [0, 0.05) is 11.8 Å². The van der Waals surface area contributed by atoms with E-state index in [0.717, 1.165) is 5.03 Å². The molecule has 1 aromatic carbocycles. The molecular formula is C14H9ClN2OS. The lowest BCUT2D eigenvalue weighted by Crippen LogP contribution is -2.02. The highest BCUT2D eigenvalue weighted by molar-refractivity contribution is 7.99. The van der Waals surface area contributed by atoms with Gasteiger partial charge in [0.25, 0.3) is 0 Å². The van der Waals surface area contributed by atoms with Crippen LogP contribution in [0, 0.1) is 11.3 Å². The SMILES string of the molecule is N#Cc1ccc(C(=O)CSc2ccc(Cl)cn2)cc1. The van der Waals surface area contributed by atoms with Crippen LogP contribution in [0.5, 0.6) is 0 Å². The van der Waals surface area contributed by atoms with Crippen molar-refractivity contribution in [2.24, 2.45) is 0 Å². The van der Waals surface area contributed by atoms with Crippen molar-refractivity contribution in [2.45, 2.75) is 5.03 Å². The Morgan fingerprint density at radius 2 is 2.00 bits per heavy atom. The van der Waals surface area contributed by atoms with Crippen molar-refractivity contribution in [1.29, 1.82) is 5.26 Å². The number of carbonyl (C=O) groups is 1. The molecular weight excluding hydrogens is 280 g/mol. The summed E-state index contributed by atoms with van der Waals surface area (Å²) in [5.41, 5.74) is 1.14. The number of pyridine rings is 1. The van der Waals surface area contributed by atoms with Gasteiger partial charge in [-0.15, -0.1) is 0 Å². The molecule has 0 atom stereocenters. The third kappa shape index (κ3) is 3.82. The van der Waals surface area contributed by atoms with Crippen molar-refractivity contribution >= 4 is 29.1 Å². The zero-order chi connectivity index (χ0) is 13.7. The Hall–Kier alpha value is -1.83. The predicted octanol–water partition coefficient (Wildman–Crippen LogP) is 3.58. The summed E-state index contributed by atoms with van der Waals surface area (Å²) >= 11 is 7.09. The summed E-state index contributed by atoms with van der Waals surface area (Å²) in [6.07, 6.45) is 1.55. The number of rotatable bonds is 4. The maximum Gasteiger partial charge on any atom is 0.173 e. The Kier molecular flexibility index (Phi) is 4.56. The summed E-state index contributed by atoms with van der Waals surface area (Å²) in [6.45, 7) is 0. The number of benzene rings is 1. The summed E-state index contributed by atoms with van der Waals surface area (Å²) in [5.74, 6) is 0.312. The van der Waals surface area contributed by atoms with Gasteiger partial charge in [-0.3, -0.25) is 4.79 Å². The molecule has 19 heavy (non-hydrogen) atoms. The van der Waals surface area contributed by atoms with Crippen molar-refractivity contribution < 1.29 is 4.79 Å². The normalized spacial score (nSPS) is 9.89. The topological polar surface area (TPSA) is 53.8 Å². The van der Waals surface area contributed by atoms with Crippen LogP contribution < -0.4 is 0 Å². The molecule has 2 rings (SSSR count). The number of Topliss-reactive ketones (excluding diaryl/α,β-unsaturated/α-hetero) is 1. The van der Waals surface area contributed by atoms with Crippen LogP contribution in [-0.2, 0) is 0 Å². The first-order valence-corrected chi connectivity index (χ1v) is 6.83. The molecule has 3 nitrogen and oxygen atoms in total. The average Bonchev–Trinajstić information content (AvgIpc) is 2.46. The first-order chi connectivity index (χ1) is 9.19. The first kappa shape index (κ1) is 13.6. The molecule has 0 bridgehead atoms. The minimum absolute atomic E-state index is 0.00578. The fourth-order valence-electron chi connectivity index (χ4n) is 1.40. The summed E-state index contributed by atoms with van der Waals surface area (Å²) < 4.78 is 0. The van der Waals surface area contributed by atoms with Crippen LogP contribution in [0.1, 0.15) is 15.9 Å². The molecule has 0 saturated heterocycles. The summed E-state index contributed by atoms with van der Waals surface area (Å²) in [7, 11) is 0. The van der Waals surface area contributed by atoms with E-state index in [2.05, 4.69) is 4.98 Å². The molecule has 0 spiro atoms. The number of nitrogens with zero attached hydrogens (tertiary/aromatic N) is 2. The third-order valence-electron chi connectivity index (χ3n) is 2.39. The van der Waals surface area contributed by atoms with Gasteiger partial charge in [0.15, 0.2) is 5.78 Å². The number of aromatic nitrogens is 1. The van der Waals surface area contributed by atoms with Crippen molar-refractivity contribution in [3.05, 3.63) is 58.7 Å². The highest BCUT2D eigenvalue weighted by atomic mass is 35.5. The second-order valence-corrected chi connectivity index (χ2v) is 5.15. The van der Waals surface area contributed by atoms with E-state index in [9.17, 15) is 4.79 Å². The molecule has 2 aromatic rings. The van der Waals surface area contributed by atoms with Crippen LogP contribution in [0.25, 0.3) is 0 Å². The largest absolute Gasteiger partial charge is 0.293 e. The van der Waals surface area contributed by atoms with Gasteiger partial charge in [0.1, 0.15) is 0 Å². The first-order valence-electron chi connectivity index (χ1n) is 5.47. The second-order valence-electron chi connectivity index (χ2n) is 3.72. The van der Waals surface area contributed by atoms with E-state index >= 15 is 0 Å². The van der Waals surface area contributed by atoms with Crippen molar-refractivity contribution in [1.82, 2.24) is 4.98 Å². The summed E-state index contributed by atoms with van der Waals surface area (Å²) in [4.78, 5) is 16.0. The number of halogens is 1. The van der Waals surface area contributed by atoms with Crippen LogP contribution in [0.3, 0.4) is 0 Å². The van der Waals surface area contributed by atoms with Gasteiger partial charge < -0.3 is 0 Å². The zero-order valence-electron chi connectivity index (χ0n) is 9.84. The Morgan fingerprint density at radius 1 is 1.26 bits per heavy atom. The molecule has 0 fully saturated rings. The molecule has 0 aliphatic rings. The van der Waals surface area contributed by atoms with Gasteiger partial charge in [0.05, 0.1) is 27.4 Å². The van der Waals surface area contributed by atoms with E-state index in [1.807, 2.05) is 6.07 Å². The van der Waals surface area contributed by atoms with Crippen molar-refractivity contribution in [3.8, 4) is 6.07 Å². The van der Waals surface area contributed by atoms with Crippen LogP contribution in [-0.4, -0.2) is 16.5 Å². The molecule has 1 heterocycles. The molecule has 94 valence electrons. The minimum atomic E-state index is 0.00578. The van der Waals surface area contributed by atoms with E-state index < -0.39 is 0 Å². The molecule has 0 aliphatic heterocycles. The lowest BCUT2D eigenvalue weighted by molar-refractivity contribution is 0.102. The molecule has 0 amide bonds. The number of hydrogen-bond donors (Lipinski definition) is 0. The van der Waals surface area contributed by atoms with Gasteiger partial charge in [-0.05, 0) is 24.3 Å². The van der Waals surface area contributed by atoms with E-state index in [1.54, 1.807) is 42.6 Å². The molecule has 0 unspecified atom stereocenters. The van der Waals surface area contributed by atoms with Gasteiger partial charge in [0.2, 0.25) is 0 Å². The Bertz CT molecular complexity index is 617. The van der Waals surface area contributed by atoms with E-state index in [1.165, 1.54) is 11.8 Å². The van der Waals surface area contributed by atoms with E-state index in [0.29, 0.717) is 21.9 Å².